The molecule has 1 amide bonds. The van der Waals surface area contributed by atoms with Crippen molar-refractivity contribution >= 4 is 11.6 Å². The highest BCUT2D eigenvalue weighted by Crippen LogP contribution is 2.22. The zero-order chi connectivity index (χ0) is 15.5. The number of nitrogens with zero attached hydrogens (tertiary/aromatic N) is 2. The zero-order valence-corrected chi connectivity index (χ0v) is 13.1. The van der Waals surface area contributed by atoms with Gasteiger partial charge in [0.25, 0.3) is 5.91 Å². The Hall–Kier alpha value is -2.08. The maximum absolute atomic E-state index is 12.6. The van der Waals surface area contributed by atoms with E-state index in [0.29, 0.717) is 29.4 Å². The van der Waals surface area contributed by atoms with Crippen LogP contribution in [-0.4, -0.2) is 41.0 Å². The number of hydrogen-bond donors (Lipinski definition) is 2. The van der Waals surface area contributed by atoms with Gasteiger partial charge in [-0.1, -0.05) is 7.43 Å². The molecule has 2 aromatic heterocycles. The second-order valence-corrected chi connectivity index (χ2v) is 5.56. The lowest BCUT2D eigenvalue weighted by Gasteiger charge is -2.23. The summed E-state index contributed by atoms with van der Waals surface area (Å²) < 4.78 is 7.40. The van der Waals surface area contributed by atoms with Gasteiger partial charge in [0.05, 0.1) is 12.3 Å². The molecule has 1 aliphatic heterocycles. The third-order valence-electron chi connectivity index (χ3n) is 3.94. The van der Waals surface area contributed by atoms with Gasteiger partial charge in [-0.25, -0.2) is 4.98 Å². The topological polar surface area (TPSA) is 67.7 Å². The molecule has 1 atom stereocenters. The number of aryl methyl sites for hydroxylation is 1. The van der Waals surface area contributed by atoms with Crippen LogP contribution in [0.15, 0.2) is 18.3 Å². The summed E-state index contributed by atoms with van der Waals surface area (Å²) in [6.07, 6.45) is 3.95. The number of rotatable bonds is 4. The summed E-state index contributed by atoms with van der Waals surface area (Å²) in [5, 5.41) is 6.41. The first-order chi connectivity index (χ1) is 10.7. The Morgan fingerprint density at radius 1 is 1.57 bits per heavy atom. The predicted molar refractivity (Wildman–Crippen MR) is 91.2 cm³/mol. The van der Waals surface area contributed by atoms with Crippen LogP contribution in [0.25, 0.3) is 5.65 Å². The van der Waals surface area contributed by atoms with Crippen LogP contribution in [-0.2, 0) is 0 Å². The molecule has 1 saturated heterocycles. The Morgan fingerprint density at radius 3 is 3.09 bits per heavy atom. The van der Waals surface area contributed by atoms with Crippen molar-refractivity contribution in [1.82, 2.24) is 20.0 Å². The monoisotopic (exact) mass is 318 g/mol. The maximum atomic E-state index is 12.6. The first kappa shape index (κ1) is 17.3. The fraction of sp³-hybridized carbons (Fsp3) is 0.529. The summed E-state index contributed by atoms with van der Waals surface area (Å²) >= 11 is 0. The van der Waals surface area contributed by atoms with E-state index in [1.807, 2.05) is 36.6 Å². The standard InChI is InChI=1S/C16H22N4O2.CH4/c1-3-22-13-7-5-9-20-14(11(2)18-15(13)20)16(21)19-12-6-4-8-17-10-12;/h5,7,9,12,17H,3-4,6,8,10H2,1-2H3,(H,19,21);1H4/t12-;/m1./s1. The zero-order valence-electron chi connectivity index (χ0n) is 13.1. The Labute approximate surface area is 137 Å². The van der Waals surface area contributed by atoms with E-state index in [1.54, 1.807) is 0 Å². The van der Waals surface area contributed by atoms with E-state index < -0.39 is 0 Å². The van der Waals surface area contributed by atoms with Crippen LogP contribution in [0.4, 0.5) is 0 Å². The Balaban J connectivity index is 0.00000192. The summed E-state index contributed by atoms with van der Waals surface area (Å²) in [6, 6.07) is 3.93. The van der Waals surface area contributed by atoms with E-state index in [4.69, 9.17) is 4.74 Å². The van der Waals surface area contributed by atoms with E-state index >= 15 is 0 Å². The van der Waals surface area contributed by atoms with Crippen LogP contribution in [0.3, 0.4) is 0 Å². The molecule has 0 saturated carbocycles. The SMILES string of the molecule is C.CCOc1cccn2c(C(=O)N[C@@H]3CCCNC3)c(C)nc12. The van der Waals surface area contributed by atoms with Crippen molar-refractivity contribution in [2.24, 2.45) is 0 Å². The number of fused-ring (bicyclic) bond motifs is 1. The number of hydrogen-bond acceptors (Lipinski definition) is 4. The summed E-state index contributed by atoms with van der Waals surface area (Å²) in [4.78, 5) is 17.1. The summed E-state index contributed by atoms with van der Waals surface area (Å²) in [6.45, 7) is 6.21. The highest BCUT2D eigenvalue weighted by atomic mass is 16.5. The summed E-state index contributed by atoms with van der Waals surface area (Å²) in [7, 11) is 0. The number of piperidine rings is 1. The lowest BCUT2D eigenvalue weighted by molar-refractivity contribution is 0.0924. The maximum Gasteiger partial charge on any atom is 0.270 e. The average Bonchev–Trinajstić information content (AvgIpc) is 2.86. The number of carbonyl (C=O) groups excluding carboxylic acids is 1. The number of pyridine rings is 1. The quantitative estimate of drug-likeness (QED) is 0.906. The van der Waals surface area contributed by atoms with Gasteiger partial charge in [0.2, 0.25) is 0 Å². The molecule has 126 valence electrons. The second-order valence-electron chi connectivity index (χ2n) is 5.56. The molecule has 0 radical (unpaired) electrons. The fourth-order valence-corrected chi connectivity index (χ4v) is 2.93. The lowest BCUT2D eigenvalue weighted by atomic mass is 10.1. The van der Waals surface area contributed by atoms with Gasteiger partial charge in [-0.15, -0.1) is 0 Å². The van der Waals surface area contributed by atoms with E-state index in [2.05, 4.69) is 15.6 Å². The number of imidazole rings is 1. The van der Waals surface area contributed by atoms with Crippen molar-refractivity contribution in [2.75, 3.05) is 19.7 Å². The van der Waals surface area contributed by atoms with Crippen LogP contribution < -0.4 is 15.4 Å². The second kappa shape index (κ2) is 7.46. The molecule has 1 aliphatic rings. The molecule has 0 aromatic carbocycles. The van der Waals surface area contributed by atoms with Crippen molar-refractivity contribution in [2.45, 2.75) is 40.2 Å². The van der Waals surface area contributed by atoms with Crippen LogP contribution in [0.2, 0.25) is 0 Å². The van der Waals surface area contributed by atoms with Gasteiger partial charge in [0.15, 0.2) is 11.4 Å². The molecular weight excluding hydrogens is 292 g/mol. The van der Waals surface area contributed by atoms with Crippen molar-refractivity contribution in [3.63, 3.8) is 0 Å². The van der Waals surface area contributed by atoms with Gasteiger partial charge >= 0.3 is 0 Å². The molecule has 3 heterocycles. The Morgan fingerprint density at radius 2 is 2.39 bits per heavy atom. The van der Waals surface area contributed by atoms with Gasteiger partial charge < -0.3 is 15.4 Å². The van der Waals surface area contributed by atoms with Gasteiger partial charge in [-0.2, -0.15) is 0 Å². The van der Waals surface area contributed by atoms with Crippen molar-refractivity contribution in [3.8, 4) is 5.75 Å². The number of nitrogens with one attached hydrogen (secondary N) is 2. The predicted octanol–water partition coefficient (Wildman–Crippen LogP) is 2.16. The molecule has 0 spiro atoms. The van der Waals surface area contributed by atoms with Crippen LogP contribution in [0.5, 0.6) is 5.75 Å². The molecule has 2 N–H and O–H groups in total. The normalized spacial score (nSPS) is 17.6. The smallest absolute Gasteiger partial charge is 0.270 e. The van der Waals surface area contributed by atoms with Crippen LogP contribution in [0, 0.1) is 6.92 Å². The molecule has 0 bridgehead atoms. The minimum Gasteiger partial charge on any atom is -0.490 e. The molecule has 2 aromatic rings. The van der Waals surface area contributed by atoms with E-state index in [9.17, 15) is 4.79 Å². The summed E-state index contributed by atoms with van der Waals surface area (Å²) in [5.41, 5.74) is 1.99. The molecule has 1 fully saturated rings. The van der Waals surface area contributed by atoms with Crippen molar-refractivity contribution < 1.29 is 9.53 Å². The molecule has 6 heteroatoms. The van der Waals surface area contributed by atoms with Gasteiger partial charge in [-0.05, 0) is 45.4 Å². The van der Waals surface area contributed by atoms with Crippen molar-refractivity contribution in [1.29, 1.82) is 0 Å². The van der Waals surface area contributed by atoms with Gasteiger partial charge in [0.1, 0.15) is 5.69 Å². The highest BCUT2D eigenvalue weighted by molar-refractivity contribution is 5.95. The van der Waals surface area contributed by atoms with Crippen LogP contribution in [0.1, 0.15) is 43.4 Å². The number of aromatic nitrogens is 2. The number of ether oxygens (including phenoxy) is 1. The number of amides is 1. The molecule has 23 heavy (non-hydrogen) atoms. The lowest BCUT2D eigenvalue weighted by Crippen LogP contribution is -2.46. The van der Waals surface area contributed by atoms with Gasteiger partial charge in [0, 0.05) is 18.8 Å². The van der Waals surface area contributed by atoms with Crippen LogP contribution >= 0.6 is 0 Å². The minimum absolute atomic E-state index is 0. The fourth-order valence-electron chi connectivity index (χ4n) is 2.93. The molecule has 3 rings (SSSR count). The minimum atomic E-state index is -0.0765. The molecular formula is C17H26N4O2. The highest BCUT2D eigenvalue weighted by Gasteiger charge is 2.22. The number of carbonyl (C=O) groups is 1. The first-order valence-corrected chi connectivity index (χ1v) is 7.82. The Bertz CT molecular complexity index is 675. The average molecular weight is 318 g/mol. The van der Waals surface area contributed by atoms with E-state index in [0.717, 1.165) is 25.9 Å². The van der Waals surface area contributed by atoms with E-state index in [1.165, 1.54) is 0 Å². The molecule has 0 unspecified atom stereocenters. The van der Waals surface area contributed by atoms with Gasteiger partial charge in [-0.3, -0.25) is 9.20 Å². The summed E-state index contributed by atoms with van der Waals surface area (Å²) in [5.74, 6) is 0.624. The van der Waals surface area contributed by atoms with Crippen molar-refractivity contribution in [3.05, 3.63) is 29.7 Å². The third-order valence-corrected chi connectivity index (χ3v) is 3.94. The Kier molecular flexibility index (Phi) is 5.60. The molecule has 6 nitrogen and oxygen atoms in total. The molecule has 0 aliphatic carbocycles. The van der Waals surface area contributed by atoms with E-state index in [-0.39, 0.29) is 19.4 Å². The third kappa shape index (κ3) is 3.47. The largest absolute Gasteiger partial charge is 0.490 e. The first-order valence-electron chi connectivity index (χ1n) is 7.82.